The molecule has 3 aromatic carbocycles. The predicted octanol–water partition coefficient (Wildman–Crippen LogP) is 3.45. The van der Waals surface area contributed by atoms with E-state index < -0.39 is 0 Å². The minimum atomic E-state index is -0.350. The van der Waals surface area contributed by atoms with Gasteiger partial charge in [0.1, 0.15) is 6.17 Å². The van der Waals surface area contributed by atoms with Crippen molar-refractivity contribution >= 4 is 27.7 Å². The Kier molecular flexibility index (Phi) is 2.82. The molecule has 1 amide bonds. The number of carbonyl (C=O) groups excluding carboxylic acids is 1. The Morgan fingerprint density at radius 3 is 2.32 bits per heavy atom. The van der Waals surface area contributed by atoms with Crippen LogP contribution in [0.15, 0.2) is 77.6 Å². The number of aromatic nitrogens is 1. The Morgan fingerprint density at radius 1 is 0.760 bits per heavy atom. The van der Waals surface area contributed by atoms with Gasteiger partial charge >= 0.3 is 0 Å². The third-order valence-electron chi connectivity index (χ3n) is 4.82. The lowest BCUT2D eigenvalue weighted by molar-refractivity contribution is 0.0925. The molecule has 0 aliphatic carbocycles. The van der Waals surface area contributed by atoms with Crippen LogP contribution in [0.5, 0.6) is 0 Å². The second kappa shape index (κ2) is 5.05. The average molecular weight is 326 g/mol. The van der Waals surface area contributed by atoms with Gasteiger partial charge in [0.2, 0.25) is 0 Å². The zero-order valence-electron chi connectivity index (χ0n) is 13.3. The molecule has 0 bridgehead atoms. The van der Waals surface area contributed by atoms with Crippen LogP contribution in [-0.2, 0) is 0 Å². The smallest absolute Gasteiger partial charge is 0.255 e. The van der Waals surface area contributed by atoms with E-state index in [1.165, 1.54) is 0 Å². The number of nitrogens with one attached hydrogen (secondary N) is 1. The van der Waals surface area contributed by atoms with Gasteiger partial charge in [-0.2, -0.15) is 0 Å². The second-order valence-corrected chi connectivity index (χ2v) is 6.20. The first-order valence-corrected chi connectivity index (χ1v) is 8.17. The van der Waals surface area contributed by atoms with Crippen LogP contribution in [0.3, 0.4) is 0 Å². The molecule has 4 heteroatoms. The minimum absolute atomic E-state index is 0.0368. The molecule has 4 nitrogen and oxygen atoms in total. The van der Waals surface area contributed by atoms with Crippen LogP contribution in [0.4, 0.5) is 0 Å². The fraction of sp³-hybridized carbons (Fsp3) is 0.0476. The number of hydrogen-bond acceptors (Lipinski definition) is 2. The standard InChI is InChI=1S/C21H14N2O2/c24-19-14-9-4-5-12-17(14)23-18-15(19)10-6-11-16(18)21(25)22-20(23)13-7-2-1-3-8-13/h1-12,20H,(H,22,25). The average Bonchev–Trinajstić information content (AvgIpc) is 2.67. The van der Waals surface area contributed by atoms with Gasteiger partial charge in [-0.15, -0.1) is 0 Å². The Bertz CT molecular complexity index is 1210. The molecule has 0 fully saturated rings. The maximum atomic E-state index is 12.9. The van der Waals surface area contributed by atoms with Crippen LogP contribution in [0.25, 0.3) is 21.8 Å². The molecule has 2 heterocycles. The van der Waals surface area contributed by atoms with Crippen molar-refractivity contribution in [2.45, 2.75) is 6.17 Å². The summed E-state index contributed by atoms with van der Waals surface area (Å²) in [5, 5.41) is 4.31. The fourth-order valence-electron chi connectivity index (χ4n) is 3.71. The van der Waals surface area contributed by atoms with Crippen LogP contribution in [0.1, 0.15) is 22.1 Å². The van der Waals surface area contributed by atoms with E-state index in [9.17, 15) is 9.59 Å². The summed E-state index contributed by atoms with van der Waals surface area (Å²) in [6.45, 7) is 0. The first-order chi connectivity index (χ1) is 12.3. The van der Waals surface area contributed by atoms with Gasteiger partial charge in [-0.3, -0.25) is 9.59 Å². The van der Waals surface area contributed by atoms with Gasteiger partial charge in [0.15, 0.2) is 5.43 Å². The zero-order valence-corrected chi connectivity index (χ0v) is 13.3. The number of hydrogen-bond donors (Lipinski definition) is 1. The van der Waals surface area contributed by atoms with Gasteiger partial charge in [-0.05, 0) is 29.8 Å². The molecular weight excluding hydrogens is 312 g/mol. The third-order valence-corrected chi connectivity index (χ3v) is 4.82. The molecule has 120 valence electrons. The lowest BCUT2D eigenvalue weighted by Gasteiger charge is -2.31. The highest BCUT2D eigenvalue weighted by Crippen LogP contribution is 2.31. The summed E-state index contributed by atoms with van der Waals surface area (Å²) in [7, 11) is 0. The minimum Gasteiger partial charge on any atom is -0.327 e. The molecule has 0 radical (unpaired) electrons. The van der Waals surface area contributed by atoms with Gasteiger partial charge in [-0.1, -0.05) is 48.5 Å². The van der Waals surface area contributed by atoms with Gasteiger partial charge < -0.3 is 9.88 Å². The molecule has 0 spiro atoms. The normalized spacial score (nSPS) is 16.2. The lowest BCUT2D eigenvalue weighted by atomic mass is 10.0. The molecule has 0 saturated heterocycles. The van der Waals surface area contributed by atoms with Crippen molar-refractivity contribution in [1.29, 1.82) is 0 Å². The van der Waals surface area contributed by atoms with Crippen LogP contribution >= 0.6 is 0 Å². The predicted molar refractivity (Wildman–Crippen MR) is 97.8 cm³/mol. The van der Waals surface area contributed by atoms with Crippen LogP contribution < -0.4 is 10.7 Å². The summed E-state index contributed by atoms with van der Waals surface area (Å²) in [5.74, 6) is -0.158. The SMILES string of the molecule is O=C1NC(c2ccccc2)n2c3ccccc3c(=O)c3cccc1c32. The van der Waals surface area contributed by atoms with E-state index in [4.69, 9.17) is 0 Å². The van der Waals surface area contributed by atoms with Crippen LogP contribution in [0, 0.1) is 0 Å². The van der Waals surface area contributed by atoms with E-state index in [0.29, 0.717) is 21.9 Å². The maximum Gasteiger partial charge on any atom is 0.255 e. The van der Waals surface area contributed by atoms with E-state index in [1.54, 1.807) is 18.2 Å². The van der Waals surface area contributed by atoms with Crippen molar-refractivity contribution in [3.63, 3.8) is 0 Å². The molecule has 0 saturated carbocycles. The largest absolute Gasteiger partial charge is 0.327 e. The number of nitrogens with zero attached hydrogens (tertiary/aromatic N) is 1. The fourth-order valence-corrected chi connectivity index (χ4v) is 3.71. The highest BCUT2D eigenvalue weighted by atomic mass is 16.2. The molecule has 1 N–H and O–H groups in total. The molecule has 1 aliphatic rings. The first-order valence-electron chi connectivity index (χ1n) is 8.17. The zero-order chi connectivity index (χ0) is 17.0. The molecule has 1 aromatic heterocycles. The van der Waals surface area contributed by atoms with Gasteiger partial charge in [0.05, 0.1) is 16.6 Å². The molecule has 5 rings (SSSR count). The number of carbonyl (C=O) groups is 1. The molecule has 25 heavy (non-hydrogen) atoms. The number of amides is 1. The first kappa shape index (κ1) is 14.0. The number of para-hydroxylation sites is 2. The molecular formula is C21H14N2O2. The Hall–Kier alpha value is -3.40. The maximum absolute atomic E-state index is 12.9. The van der Waals surface area contributed by atoms with Crippen molar-refractivity contribution in [1.82, 2.24) is 9.88 Å². The van der Waals surface area contributed by atoms with Gasteiger partial charge in [-0.25, -0.2) is 0 Å². The summed E-state index contributed by atoms with van der Waals surface area (Å²) in [4.78, 5) is 25.6. The van der Waals surface area contributed by atoms with Gasteiger partial charge in [0.25, 0.3) is 5.91 Å². The third kappa shape index (κ3) is 1.88. The lowest BCUT2D eigenvalue weighted by Crippen LogP contribution is -2.39. The summed E-state index contributed by atoms with van der Waals surface area (Å²) >= 11 is 0. The number of benzene rings is 3. The summed E-state index contributed by atoms with van der Waals surface area (Å²) < 4.78 is 2.07. The number of fused-ring (bicyclic) bond motifs is 2. The van der Waals surface area contributed by atoms with E-state index >= 15 is 0 Å². The van der Waals surface area contributed by atoms with E-state index in [1.807, 2.05) is 54.6 Å². The Labute approximate surface area is 143 Å². The van der Waals surface area contributed by atoms with E-state index in [0.717, 1.165) is 11.1 Å². The van der Waals surface area contributed by atoms with E-state index in [2.05, 4.69) is 9.88 Å². The van der Waals surface area contributed by atoms with Gasteiger partial charge in [0, 0.05) is 10.8 Å². The number of pyridine rings is 1. The van der Waals surface area contributed by atoms with Crippen LogP contribution in [0.2, 0.25) is 0 Å². The van der Waals surface area contributed by atoms with Crippen molar-refractivity contribution in [3.8, 4) is 0 Å². The molecule has 1 aliphatic heterocycles. The monoisotopic (exact) mass is 326 g/mol. The van der Waals surface area contributed by atoms with Crippen molar-refractivity contribution in [2.24, 2.45) is 0 Å². The van der Waals surface area contributed by atoms with Crippen molar-refractivity contribution in [2.75, 3.05) is 0 Å². The summed E-state index contributed by atoms with van der Waals surface area (Å²) in [5.41, 5.74) is 2.99. The molecule has 1 atom stereocenters. The summed E-state index contributed by atoms with van der Waals surface area (Å²) in [6.07, 6.45) is -0.350. The highest BCUT2D eigenvalue weighted by Gasteiger charge is 2.29. The Morgan fingerprint density at radius 2 is 1.48 bits per heavy atom. The topological polar surface area (TPSA) is 51.1 Å². The molecule has 1 unspecified atom stereocenters. The second-order valence-electron chi connectivity index (χ2n) is 6.20. The summed E-state index contributed by atoms with van der Waals surface area (Å²) in [6, 6.07) is 22.7. The van der Waals surface area contributed by atoms with Crippen molar-refractivity contribution < 1.29 is 4.79 Å². The van der Waals surface area contributed by atoms with Crippen LogP contribution in [-0.4, -0.2) is 10.5 Å². The quantitative estimate of drug-likeness (QED) is 0.545. The number of rotatable bonds is 1. The van der Waals surface area contributed by atoms with E-state index in [-0.39, 0.29) is 17.5 Å². The van der Waals surface area contributed by atoms with Crippen molar-refractivity contribution in [3.05, 3.63) is 94.1 Å². The molecule has 4 aromatic rings. The Balaban J connectivity index is 2.02. The highest BCUT2D eigenvalue weighted by molar-refractivity contribution is 6.09.